The van der Waals surface area contributed by atoms with Crippen LogP contribution in [0.25, 0.3) is 10.9 Å². The lowest BCUT2D eigenvalue weighted by Crippen LogP contribution is -2.10. The van der Waals surface area contributed by atoms with E-state index < -0.39 is 0 Å². The van der Waals surface area contributed by atoms with Gasteiger partial charge in [-0.3, -0.25) is 0 Å². The van der Waals surface area contributed by atoms with Gasteiger partial charge in [0.25, 0.3) is 0 Å². The van der Waals surface area contributed by atoms with Crippen molar-refractivity contribution in [2.24, 2.45) is 0 Å². The van der Waals surface area contributed by atoms with Crippen LogP contribution in [0.1, 0.15) is 31.5 Å². The van der Waals surface area contributed by atoms with Crippen LogP contribution in [-0.4, -0.2) is 11.1 Å². The van der Waals surface area contributed by atoms with E-state index in [4.69, 9.17) is 9.47 Å². The maximum Gasteiger partial charge on any atom is 0.130 e. The number of fused-ring (bicyclic) bond motifs is 1. The first-order chi connectivity index (χ1) is 11.6. The van der Waals surface area contributed by atoms with Crippen LogP contribution in [0.3, 0.4) is 0 Å². The molecule has 0 aliphatic rings. The number of pyridine rings is 1. The largest absolute Gasteiger partial charge is 0.491 e. The van der Waals surface area contributed by atoms with Gasteiger partial charge in [-0.2, -0.15) is 0 Å². The van der Waals surface area contributed by atoms with Crippen molar-refractivity contribution in [2.45, 2.75) is 39.9 Å². The number of rotatable bonds is 6. The lowest BCUT2D eigenvalue weighted by atomic mass is 10.2. The Bertz CT molecular complexity index is 829. The first-order valence-electron chi connectivity index (χ1n) is 8.40. The molecule has 24 heavy (non-hydrogen) atoms. The summed E-state index contributed by atoms with van der Waals surface area (Å²) in [4.78, 5) is 4.64. The Morgan fingerprint density at radius 1 is 1.00 bits per heavy atom. The van der Waals surface area contributed by atoms with Gasteiger partial charge in [-0.25, -0.2) is 4.98 Å². The third-order valence-electron chi connectivity index (χ3n) is 3.98. The highest BCUT2D eigenvalue weighted by molar-refractivity contribution is 5.78. The Morgan fingerprint density at radius 2 is 1.79 bits per heavy atom. The van der Waals surface area contributed by atoms with Crippen LogP contribution in [0.4, 0.5) is 0 Å². The Labute approximate surface area is 143 Å². The fourth-order valence-electron chi connectivity index (χ4n) is 2.53. The van der Waals surface area contributed by atoms with E-state index in [0.717, 1.165) is 40.1 Å². The second kappa shape index (κ2) is 7.35. The quantitative estimate of drug-likeness (QED) is 0.617. The van der Waals surface area contributed by atoms with Crippen molar-refractivity contribution in [3.8, 4) is 11.5 Å². The zero-order valence-electron chi connectivity index (χ0n) is 14.5. The molecule has 1 heterocycles. The fourth-order valence-corrected chi connectivity index (χ4v) is 2.53. The summed E-state index contributed by atoms with van der Waals surface area (Å²) >= 11 is 0. The Balaban J connectivity index is 1.73. The molecular weight excluding hydrogens is 298 g/mol. The number of ether oxygens (including phenoxy) is 2. The highest BCUT2D eigenvalue weighted by Crippen LogP contribution is 2.24. The zero-order valence-corrected chi connectivity index (χ0v) is 14.5. The molecule has 0 fully saturated rings. The maximum absolute atomic E-state index is 5.94. The van der Waals surface area contributed by atoms with Gasteiger partial charge in [-0.1, -0.05) is 31.2 Å². The molecule has 0 radical (unpaired) electrons. The molecule has 3 heteroatoms. The monoisotopic (exact) mass is 321 g/mol. The second-order valence-corrected chi connectivity index (χ2v) is 6.10. The molecule has 0 saturated heterocycles. The van der Waals surface area contributed by atoms with Crippen LogP contribution in [-0.2, 0) is 6.61 Å². The van der Waals surface area contributed by atoms with Crippen molar-refractivity contribution in [3.05, 3.63) is 65.9 Å². The van der Waals surface area contributed by atoms with Crippen molar-refractivity contribution in [1.29, 1.82) is 0 Å². The number of benzene rings is 2. The molecule has 0 aliphatic heterocycles. The second-order valence-electron chi connectivity index (χ2n) is 6.10. The molecule has 3 nitrogen and oxygen atoms in total. The minimum Gasteiger partial charge on any atom is -0.491 e. The number of nitrogens with zero attached hydrogens (tertiary/aromatic N) is 1. The molecule has 1 aromatic heterocycles. The Hall–Kier alpha value is -2.55. The molecule has 0 spiro atoms. The highest BCUT2D eigenvalue weighted by atomic mass is 16.5. The van der Waals surface area contributed by atoms with E-state index in [1.54, 1.807) is 0 Å². The van der Waals surface area contributed by atoms with Crippen LogP contribution in [0.5, 0.6) is 11.5 Å². The molecule has 124 valence electrons. The van der Waals surface area contributed by atoms with E-state index in [2.05, 4.69) is 31.0 Å². The molecule has 0 aliphatic carbocycles. The van der Waals surface area contributed by atoms with Gasteiger partial charge in [0.2, 0.25) is 0 Å². The molecule has 3 rings (SSSR count). The molecule has 0 saturated carbocycles. The highest BCUT2D eigenvalue weighted by Gasteiger charge is 2.06. The summed E-state index contributed by atoms with van der Waals surface area (Å²) in [6.07, 6.45) is 1.17. The van der Waals surface area contributed by atoms with Gasteiger partial charge in [0.1, 0.15) is 18.1 Å². The van der Waals surface area contributed by atoms with Crippen LogP contribution < -0.4 is 9.47 Å². The zero-order chi connectivity index (χ0) is 16.9. The summed E-state index contributed by atoms with van der Waals surface area (Å²) in [5.74, 6) is 1.66. The number of hydrogen-bond acceptors (Lipinski definition) is 3. The number of aromatic nitrogens is 1. The summed E-state index contributed by atoms with van der Waals surface area (Å²) < 4.78 is 11.8. The van der Waals surface area contributed by atoms with Gasteiger partial charge in [-0.05, 0) is 50.1 Å². The van der Waals surface area contributed by atoms with E-state index in [0.29, 0.717) is 6.61 Å². The van der Waals surface area contributed by atoms with Crippen LogP contribution in [0.15, 0.2) is 54.6 Å². The molecule has 0 amide bonds. The average Bonchev–Trinajstić information content (AvgIpc) is 2.59. The van der Waals surface area contributed by atoms with Crippen molar-refractivity contribution < 1.29 is 9.47 Å². The van der Waals surface area contributed by atoms with Crippen molar-refractivity contribution in [3.63, 3.8) is 0 Å². The summed E-state index contributed by atoms with van der Waals surface area (Å²) in [6, 6.07) is 18.2. The average molecular weight is 321 g/mol. The molecular formula is C21H23NO2. The smallest absolute Gasteiger partial charge is 0.130 e. The van der Waals surface area contributed by atoms with Gasteiger partial charge in [0, 0.05) is 11.5 Å². The fraction of sp³-hybridized carbons (Fsp3) is 0.286. The molecule has 1 unspecified atom stereocenters. The summed E-state index contributed by atoms with van der Waals surface area (Å²) in [5, 5.41) is 1.14. The molecule has 1 atom stereocenters. The normalized spacial score (nSPS) is 12.1. The first-order valence-corrected chi connectivity index (χ1v) is 8.40. The predicted octanol–water partition coefficient (Wildman–Crippen LogP) is 5.30. The minimum atomic E-state index is 0.196. The molecule has 2 aromatic carbocycles. The first kappa shape index (κ1) is 16.3. The molecule has 3 aromatic rings. The standard InChI is InChI=1S/C21H23NO2/c1-4-16(3)24-20-12-15(2)11-19(13-20)23-14-18-10-9-17-7-5-6-8-21(17)22-18/h5-13,16H,4,14H2,1-3H3. The summed E-state index contributed by atoms with van der Waals surface area (Å²) in [5.41, 5.74) is 3.03. The third-order valence-corrected chi connectivity index (χ3v) is 3.98. The van der Waals surface area contributed by atoms with Gasteiger partial charge in [-0.15, -0.1) is 0 Å². The van der Waals surface area contributed by atoms with E-state index in [1.165, 1.54) is 0 Å². The van der Waals surface area contributed by atoms with E-state index in [9.17, 15) is 0 Å². The molecule has 0 N–H and O–H groups in total. The molecule has 0 bridgehead atoms. The van der Waals surface area contributed by atoms with Crippen molar-refractivity contribution in [1.82, 2.24) is 4.98 Å². The van der Waals surface area contributed by atoms with Gasteiger partial charge in [0.15, 0.2) is 0 Å². The van der Waals surface area contributed by atoms with E-state index in [-0.39, 0.29) is 6.10 Å². The number of para-hydroxylation sites is 1. The van der Waals surface area contributed by atoms with Gasteiger partial charge < -0.3 is 9.47 Å². The number of aryl methyl sites for hydroxylation is 1. The Kier molecular flexibility index (Phi) is 4.99. The minimum absolute atomic E-state index is 0.196. The Morgan fingerprint density at radius 3 is 2.62 bits per heavy atom. The summed E-state index contributed by atoms with van der Waals surface area (Å²) in [6.45, 7) is 6.67. The van der Waals surface area contributed by atoms with Crippen molar-refractivity contribution in [2.75, 3.05) is 0 Å². The van der Waals surface area contributed by atoms with Gasteiger partial charge in [0.05, 0.1) is 17.3 Å². The number of hydrogen-bond donors (Lipinski definition) is 0. The van der Waals surface area contributed by atoms with Crippen LogP contribution in [0.2, 0.25) is 0 Å². The SMILES string of the molecule is CCC(C)Oc1cc(C)cc(OCc2ccc3ccccc3n2)c1. The topological polar surface area (TPSA) is 31.4 Å². The van der Waals surface area contributed by atoms with Gasteiger partial charge >= 0.3 is 0 Å². The lowest BCUT2D eigenvalue weighted by molar-refractivity contribution is 0.215. The van der Waals surface area contributed by atoms with Crippen LogP contribution in [0, 0.1) is 6.92 Å². The third kappa shape index (κ3) is 4.05. The van der Waals surface area contributed by atoms with Crippen molar-refractivity contribution >= 4 is 10.9 Å². The predicted molar refractivity (Wildman–Crippen MR) is 97.6 cm³/mol. The summed E-state index contributed by atoms with van der Waals surface area (Å²) in [7, 11) is 0. The van der Waals surface area contributed by atoms with E-state index in [1.807, 2.05) is 49.4 Å². The van der Waals surface area contributed by atoms with E-state index >= 15 is 0 Å². The van der Waals surface area contributed by atoms with Crippen LogP contribution >= 0.6 is 0 Å². The maximum atomic E-state index is 5.94. The lowest BCUT2D eigenvalue weighted by Gasteiger charge is -2.15.